The highest BCUT2D eigenvalue weighted by atomic mass is 16.5. The van der Waals surface area contributed by atoms with E-state index in [1.165, 1.54) is 69.8 Å². The van der Waals surface area contributed by atoms with Crippen LogP contribution in [-0.2, 0) is 9.47 Å². The van der Waals surface area contributed by atoms with Crippen molar-refractivity contribution in [3.63, 3.8) is 0 Å². The molecule has 1 saturated carbocycles. The second-order valence-corrected chi connectivity index (χ2v) is 6.42. The van der Waals surface area contributed by atoms with Gasteiger partial charge in [-0.3, -0.25) is 0 Å². The molecule has 1 heterocycles. The van der Waals surface area contributed by atoms with Gasteiger partial charge in [-0.15, -0.1) is 0 Å². The zero-order valence-corrected chi connectivity index (χ0v) is 12.6. The summed E-state index contributed by atoms with van der Waals surface area (Å²) in [5.74, 6) is 0. The molecule has 1 atom stereocenters. The summed E-state index contributed by atoms with van der Waals surface area (Å²) < 4.78 is 11.8. The molecule has 0 aromatic rings. The number of ether oxygens (including phenoxy) is 2. The quantitative estimate of drug-likeness (QED) is 0.527. The monoisotopic (exact) mass is 266 g/mol. The predicted molar refractivity (Wildman–Crippen MR) is 79.2 cm³/mol. The van der Waals surface area contributed by atoms with Crippen LogP contribution in [0.5, 0.6) is 0 Å². The summed E-state index contributed by atoms with van der Waals surface area (Å²) in [6.07, 6.45) is 16.0. The van der Waals surface area contributed by atoms with E-state index >= 15 is 0 Å². The van der Waals surface area contributed by atoms with Crippen LogP contribution in [0.25, 0.3) is 0 Å². The summed E-state index contributed by atoms with van der Waals surface area (Å²) in [7, 11) is 0. The first-order valence-corrected chi connectivity index (χ1v) is 8.22. The molecule has 2 fully saturated rings. The first kappa shape index (κ1) is 14.9. The minimum absolute atomic E-state index is 0.0471. The maximum absolute atomic E-state index is 6.06. The number of rotatable bonds is 4. The summed E-state index contributed by atoms with van der Waals surface area (Å²) in [6.45, 7) is 3.99. The van der Waals surface area contributed by atoms with Gasteiger partial charge in [0.1, 0.15) is 0 Å². The molecule has 2 rings (SSSR count). The fourth-order valence-corrected chi connectivity index (χ4v) is 3.12. The molecule has 0 N–H and O–H groups in total. The lowest BCUT2D eigenvalue weighted by Crippen LogP contribution is -2.31. The molecule has 0 aromatic carbocycles. The van der Waals surface area contributed by atoms with Crippen LogP contribution in [0.15, 0.2) is 11.8 Å². The smallest absolute Gasteiger partial charge is 0.0900 e. The molecule has 0 amide bonds. The highest BCUT2D eigenvalue weighted by Gasteiger charge is 2.25. The van der Waals surface area contributed by atoms with Gasteiger partial charge >= 0.3 is 0 Å². The molecule has 2 nitrogen and oxygen atoms in total. The molecule has 0 bridgehead atoms. The number of hydrogen-bond acceptors (Lipinski definition) is 2. The van der Waals surface area contributed by atoms with Crippen LogP contribution in [0.2, 0.25) is 0 Å². The SMILES string of the molecule is CC1(CCOC=C2CCCCC2)CCCCCCO1. The van der Waals surface area contributed by atoms with E-state index in [2.05, 4.69) is 6.92 Å². The average Bonchev–Trinajstić information content (AvgIpc) is 2.41. The third-order valence-corrected chi connectivity index (χ3v) is 4.55. The molecule has 1 unspecified atom stereocenters. The molecule has 0 spiro atoms. The Morgan fingerprint density at radius 1 is 1.05 bits per heavy atom. The van der Waals surface area contributed by atoms with E-state index in [-0.39, 0.29) is 5.60 Å². The molecule has 1 aliphatic heterocycles. The van der Waals surface area contributed by atoms with Crippen LogP contribution in [-0.4, -0.2) is 18.8 Å². The van der Waals surface area contributed by atoms with E-state index in [0.717, 1.165) is 19.6 Å². The molecular formula is C17H30O2. The minimum Gasteiger partial charge on any atom is -0.501 e. The van der Waals surface area contributed by atoms with Gasteiger partial charge in [-0.2, -0.15) is 0 Å². The van der Waals surface area contributed by atoms with Gasteiger partial charge in [-0.05, 0) is 51.0 Å². The first-order chi connectivity index (χ1) is 9.29. The zero-order chi connectivity index (χ0) is 13.4. The second kappa shape index (κ2) is 7.94. The largest absolute Gasteiger partial charge is 0.501 e. The fourth-order valence-electron chi connectivity index (χ4n) is 3.12. The lowest BCUT2D eigenvalue weighted by molar-refractivity contribution is -0.0612. The van der Waals surface area contributed by atoms with Crippen molar-refractivity contribution in [2.75, 3.05) is 13.2 Å². The van der Waals surface area contributed by atoms with Gasteiger partial charge in [0, 0.05) is 13.0 Å². The highest BCUT2D eigenvalue weighted by Crippen LogP contribution is 2.27. The van der Waals surface area contributed by atoms with Gasteiger partial charge in [0.15, 0.2) is 0 Å². The Morgan fingerprint density at radius 2 is 1.79 bits per heavy atom. The molecule has 0 aromatic heterocycles. The van der Waals surface area contributed by atoms with Crippen LogP contribution in [0, 0.1) is 0 Å². The molecule has 1 saturated heterocycles. The van der Waals surface area contributed by atoms with Crippen molar-refractivity contribution < 1.29 is 9.47 Å². The number of hydrogen-bond donors (Lipinski definition) is 0. The Labute approximate surface area is 118 Å². The Kier molecular flexibility index (Phi) is 6.22. The van der Waals surface area contributed by atoms with E-state index in [9.17, 15) is 0 Å². The van der Waals surface area contributed by atoms with Crippen LogP contribution < -0.4 is 0 Å². The average molecular weight is 266 g/mol. The van der Waals surface area contributed by atoms with Crippen molar-refractivity contribution in [1.29, 1.82) is 0 Å². The topological polar surface area (TPSA) is 18.5 Å². The van der Waals surface area contributed by atoms with Crippen molar-refractivity contribution >= 4 is 0 Å². The standard InChI is InChI=1S/C17H30O2/c1-17(11-7-2-3-8-13-19-17)12-14-18-15-16-9-5-4-6-10-16/h15H,2-14H2,1H3. The maximum atomic E-state index is 6.06. The fraction of sp³-hybridized carbons (Fsp3) is 0.882. The van der Waals surface area contributed by atoms with Crippen LogP contribution in [0.3, 0.4) is 0 Å². The lowest BCUT2D eigenvalue weighted by Gasteiger charge is -2.31. The van der Waals surface area contributed by atoms with Crippen molar-refractivity contribution in [3.05, 3.63) is 11.8 Å². The van der Waals surface area contributed by atoms with Gasteiger partial charge in [-0.1, -0.05) is 25.7 Å². The summed E-state index contributed by atoms with van der Waals surface area (Å²) in [4.78, 5) is 0. The Morgan fingerprint density at radius 3 is 2.63 bits per heavy atom. The van der Waals surface area contributed by atoms with Gasteiger partial charge in [-0.25, -0.2) is 0 Å². The lowest BCUT2D eigenvalue weighted by atomic mass is 9.93. The molecule has 110 valence electrons. The van der Waals surface area contributed by atoms with E-state index < -0.39 is 0 Å². The van der Waals surface area contributed by atoms with Crippen LogP contribution in [0.1, 0.15) is 77.6 Å². The molecule has 2 heteroatoms. The van der Waals surface area contributed by atoms with Gasteiger partial charge in [0.05, 0.1) is 18.5 Å². The number of allylic oxidation sites excluding steroid dienone is 1. The summed E-state index contributed by atoms with van der Waals surface area (Å²) >= 11 is 0. The molecular weight excluding hydrogens is 236 g/mol. The second-order valence-electron chi connectivity index (χ2n) is 6.42. The Balaban J connectivity index is 1.67. The van der Waals surface area contributed by atoms with Crippen molar-refractivity contribution in [3.8, 4) is 0 Å². The van der Waals surface area contributed by atoms with Gasteiger partial charge in [0.2, 0.25) is 0 Å². The van der Waals surface area contributed by atoms with Gasteiger partial charge < -0.3 is 9.47 Å². The summed E-state index contributed by atoms with van der Waals surface area (Å²) in [5, 5.41) is 0. The third-order valence-electron chi connectivity index (χ3n) is 4.55. The Bertz CT molecular complexity index is 267. The van der Waals surface area contributed by atoms with E-state index in [4.69, 9.17) is 9.47 Å². The van der Waals surface area contributed by atoms with E-state index in [1.54, 1.807) is 0 Å². The van der Waals surface area contributed by atoms with E-state index in [0.29, 0.717) is 0 Å². The summed E-state index contributed by atoms with van der Waals surface area (Å²) in [5.41, 5.74) is 1.56. The molecule has 2 aliphatic rings. The zero-order valence-electron chi connectivity index (χ0n) is 12.6. The van der Waals surface area contributed by atoms with Crippen molar-refractivity contribution in [1.82, 2.24) is 0 Å². The molecule has 1 aliphatic carbocycles. The van der Waals surface area contributed by atoms with E-state index in [1.807, 2.05) is 6.26 Å². The Hall–Kier alpha value is -0.500. The maximum Gasteiger partial charge on any atom is 0.0900 e. The van der Waals surface area contributed by atoms with Gasteiger partial charge in [0.25, 0.3) is 0 Å². The first-order valence-electron chi connectivity index (χ1n) is 8.22. The molecule has 19 heavy (non-hydrogen) atoms. The molecule has 0 radical (unpaired) electrons. The van der Waals surface area contributed by atoms with Crippen LogP contribution in [0.4, 0.5) is 0 Å². The van der Waals surface area contributed by atoms with Crippen molar-refractivity contribution in [2.45, 2.75) is 83.2 Å². The van der Waals surface area contributed by atoms with Crippen LogP contribution >= 0.6 is 0 Å². The highest BCUT2D eigenvalue weighted by molar-refractivity contribution is 5.00. The third kappa shape index (κ3) is 5.56. The normalized spacial score (nSPS) is 29.4. The minimum atomic E-state index is 0.0471. The van der Waals surface area contributed by atoms with Crippen molar-refractivity contribution in [2.24, 2.45) is 0 Å². The summed E-state index contributed by atoms with van der Waals surface area (Å²) in [6, 6.07) is 0. The predicted octanol–water partition coefficient (Wildman–Crippen LogP) is 4.98.